The fourth-order valence-electron chi connectivity index (χ4n) is 2.04. The zero-order valence-electron chi connectivity index (χ0n) is 11.7. The molecule has 0 saturated carbocycles. The predicted octanol–water partition coefficient (Wildman–Crippen LogP) is -1.88. The van der Waals surface area contributed by atoms with Crippen molar-refractivity contribution in [1.29, 1.82) is 0 Å². The molecule has 9 heteroatoms. The molecule has 9 nitrogen and oxygen atoms in total. The van der Waals surface area contributed by atoms with Gasteiger partial charge in [0.25, 0.3) is 5.91 Å². The lowest BCUT2D eigenvalue weighted by Gasteiger charge is -2.17. The molecule has 4 N–H and O–H groups in total. The zero-order chi connectivity index (χ0) is 16.0. The van der Waals surface area contributed by atoms with E-state index in [0.717, 1.165) is 13.0 Å². The van der Waals surface area contributed by atoms with Gasteiger partial charge in [0.2, 0.25) is 11.8 Å². The summed E-state index contributed by atoms with van der Waals surface area (Å²) in [5.41, 5.74) is 4.22. The molecule has 0 aromatic carbocycles. The molecule has 21 heavy (non-hydrogen) atoms. The van der Waals surface area contributed by atoms with Crippen LogP contribution >= 0.6 is 0 Å². The van der Waals surface area contributed by atoms with Crippen LogP contribution in [0, 0.1) is 0 Å². The topological polar surface area (TPSA) is 142 Å². The first-order chi connectivity index (χ1) is 9.81. The van der Waals surface area contributed by atoms with Crippen LogP contribution in [0.5, 0.6) is 0 Å². The van der Waals surface area contributed by atoms with Crippen molar-refractivity contribution in [3.63, 3.8) is 0 Å². The highest BCUT2D eigenvalue weighted by Crippen LogP contribution is 2.14. The summed E-state index contributed by atoms with van der Waals surface area (Å²) in [6.45, 7) is 0.394. The summed E-state index contributed by atoms with van der Waals surface area (Å²) in [5, 5.41) is 11.2. The highest BCUT2D eigenvalue weighted by Gasteiger charge is 2.27. The number of nitrogens with zero attached hydrogens (tertiary/aromatic N) is 2. The largest absolute Gasteiger partial charge is 0.477 e. The van der Waals surface area contributed by atoms with Gasteiger partial charge in [-0.15, -0.1) is 0 Å². The van der Waals surface area contributed by atoms with E-state index in [4.69, 9.17) is 10.8 Å². The monoisotopic (exact) mass is 298 g/mol. The number of nitrogens with two attached hydrogens (primary N) is 1. The number of primary amides is 1. The summed E-state index contributed by atoms with van der Waals surface area (Å²) >= 11 is 0. The van der Waals surface area contributed by atoms with E-state index in [1.165, 1.54) is 0 Å². The van der Waals surface area contributed by atoms with E-state index in [0.29, 0.717) is 6.42 Å². The van der Waals surface area contributed by atoms with Crippen LogP contribution in [0.15, 0.2) is 4.99 Å². The van der Waals surface area contributed by atoms with Gasteiger partial charge in [0.15, 0.2) is 0 Å². The summed E-state index contributed by atoms with van der Waals surface area (Å²) in [6, 6.07) is -0.286. The SMILES string of the molecule is CN1CCC[C@H]1C(=O)NCC(=O)/N=C(/CC(N)=O)C(=O)O. The number of hydrogen-bond acceptors (Lipinski definition) is 5. The van der Waals surface area contributed by atoms with Crippen LogP contribution in [-0.2, 0) is 19.2 Å². The Morgan fingerprint density at radius 2 is 2.05 bits per heavy atom. The molecule has 0 aromatic heterocycles. The van der Waals surface area contributed by atoms with Crippen LogP contribution in [0.25, 0.3) is 0 Å². The molecule has 1 fully saturated rings. The van der Waals surface area contributed by atoms with Gasteiger partial charge in [0, 0.05) is 0 Å². The average molecular weight is 298 g/mol. The van der Waals surface area contributed by atoms with E-state index in [2.05, 4.69) is 10.3 Å². The van der Waals surface area contributed by atoms with Gasteiger partial charge in [-0.05, 0) is 26.4 Å². The Balaban J connectivity index is 2.54. The van der Waals surface area contributed by atoms with Crippen molar-refractivity contribution in [2.24, 2.45) is 10.7 Å². The highest BCUT2D eigenvalue weighted by molar-refractivity contribution is 6.40. The number of carbonyl (C=O) groups excluding carboxylic acids is 3. The maximum atomic E-state index is 11.8. The Labute approximate surface area is 121 Å². The van der Waals surface area contributed by atoms with E-state index < -0.39 is 36.5 Å². The minimum absolute atomic E-state index is 0.286. The molecule has 1 aliphatic heterocycles. The van der Waals surface area contributed by atoms with Crippen LogP contribution < -0.4 is 11.1 Å². The fraction of sp³-hybridized carbons (Fsp3) is 0.583. The number of hydrogen-bond donors (Lipinski definition) is 3. The van der Waals surface area contributed by atoms with Gasteiger partial charge in [-0.1, -0.05) is 0 Å². The Bertz CT molecular complexity index is 488. The quantitative estimate of drug-likeness (QED) is 0.490. The van der Waals surface area contributed by atoms with Crippen molar-refractivity contribution < 1.29 is 24.3 Å². The van der Waals surface area contributed by atoms with Crippen molar-refractivity contribution in [1.82, 2.24) is 10.2 Å². The smallest absolute Gasteiger partial charge is 0.350 e. The maximum absolute atomic E-state index is 11.8. The maximum Gasteiger partial charge on any atom is 0.350 e. The van der Waals surface area contributed by atoms with Gasteiger partial charge in [0.05, 0.1) is 19.0 Å². The average Bonchev–Trinajstić information content (AvgIpc) is 2.81. The third-order valence-corrected chi connectivity index (χ3v) is 3.09. The van der Waals surface area contributed by atoms with Crippen molar-refractivity contribution in [3.05, 3.63) is 0 Å². The number of rotatable bonds is 6. The van der Waals surface area contributed by atoms with Crippen LogP contribution in [0.3, 0.4) is 0 Å². The molecule has 0 radical (unpaired) electrons. The lowest BCUT2D eigenvalue weighted by molar-refractivity contribution is -0.130. The Hall–Kier alpha value is -2.29. The van der Waals surface area contributed by atoms with E-state index in [9.17, 15) is 19.2 Å². The zero-order valence-corrected chi connectivity index (χ0v) is 11.7. The van der Waals surface area contributed by atoms with Gasteiger partial charge in [-0.2, -0.15) is 0 Å². The van der Waals surface area contributed by atoms with E-state index in [1.807, 2.05) is 11.9 Å². The molecule has 0 aliphatic carbocycles. The summed E-state index contributed by atoms with van der Waals surface area (Å²) in [4.78, 5) is 49.9. The molecule has 0 unspecified atom stereocenters. The first kappa shape index (κ1) is 16.8. The first-order valence-electron chi connectivity index (χ1n) is 6.41. The minimum atomic E-state index is -1.50. The van der Waals surface area contributed by atoms with Crippen LogP contribution in [0.1, 0.15) is 19.3 Å². The van der Waals surface area contributed by atoms with E-state index in [1.54, 1.807) is 0 Å². The van der Waals surface area contributed by atoms with Crippen molar-refractivity contribution in [2.45, 2.75) is 25.3 Å². The van der Waals surface area contributed by atoms with Gasteiger partial charge in [-0.25, -0.2) is 9.79 Å². The number of carboxylic acid groups (broad SMARTS) is 1. The van der Waals surface area contributed by atoms with Gasteiger partial charge in [0.1, 0.15) is 5.71 Å². The van der Waals surface area contributed by atoms with Crippen molar-refractivity contribution in [2.75, 3.05) is 20.1 Å². The summed E-state index contributed by atoms with van der Waals surface area (Å²) in [7, 11) is 1.81. The lowest BCUT2D eigenvalue weighted by Crippen LogP contribution is -2.43. The number of carbonyl (C=O) groups is 4. The minimum Gasteiger partial charge on any atom is -0.477 e. The number of amides is 3. The van der Waals surface area contributed by atoms with Crippen molar-refractivity contribution in [3.8, 4) is 0 Å². The Morgan fingerprint density at radius 1 is 1.38 bits per heavy atom. The second-order valence-electron chi connectivity index (χ2n) is 4.76. The molecular formula is C12H18N4O5. The standard InChI is InChI=1S/C12H18N4O5/c1-16-4-2-3-8(16)11(19)14-6-10(18)15-7(12(20)21)5-9(13)17/h8H,2-6H2,1H3,(H2,13,17)(H,14,19)(H,20,21)/b15-7-/t8-/m0/s1. The van der Waals surface area contributed by atoms with Gasteiger partial charge < -0.3 is 16.2 Å². The predicted molar refractivity (Wildman–Crippen MR) is 72.6 cm³/mol. The first-order valence-corrected chi connectivity index (χ1v) is 6.41. The lowest BCUT2D eigenvalue weighted by atomic mass is 10.2. The van der Waals surface area contributed by atoms with E-state index in [-0.39, 0.29) is 11.9 Å². The van der Waals surface area contributed by atoms with Gasteiger partial charge >= 0.3 is 5.97 Å². The number of nitrogens with one attached hydrogen (secondary N) is 1. The molecule has 0 aromatic rings. The number of carboxylic acids is 1. The highest BCUT2D eigenvalue weighted by atomic mass is 16.4. The fourth-order valence-corrected chi connectivity index (χ4v) is 2.04. The molecule has 0 spiro atoms. The number of likely N-dealkylation sites (tertiary alicyclic amines) is 1. The molecule has 116 valence electrons. The molecule has 1 aliphatic rings. The third-order valence-electron chi connectivity index (χ3n) is 3.09. The summed E-state index contributed by atoms with van der Waals surface area (Å²) in [5.74, 6) is -3.54. The third kappa shape index (κ3) is 5.30. The number of aliphatic carboxylic acids is 1. The molecule has 1 atom stereocenters. The Kier molecular flexibility index (Phi) is 5.97. The van der Waals surface area contributed by atoms with Crippen molar-refractivity contribution >= 4 is 29.4 Å². The van der Waals surface area contributed by atoms with Crippen LogP contribution in [0.4, 0.5) is 0 Å². The van der Waals surface area contributed by atoms with Crippen LogP contribution in [-0.4, -0.2) is 65.6 Å². The Morgan fingerprint density at radius 3 is 2.52 bits per heavy atom. The molecule has 1 heterocycles. The van der Waals surface area contributed by atoms with E-state index >= 15 is 0 Å². The van der Waals surface area contributed by atoms with Crippen LogP contribution in [0.2, 0.25) is 0 Å². The molecule has 1 rings (SSSR count). The molecule has 0 bridgehead atoms. The molecule has 3 amide bonds. The second kappa shape index (κ2) is 7.48. The summed E-state index contributed by atoms with van der Waals surface area (Å²) < 4.78 is 0. The summed E-state index contributed by atoms with van der Waals surface area (Å²) in [6.07, 6.45) is 0.977. The normalized spacial score (nSPS) is 19.3. The number of likely N-dealkylation sites (N-methyl/N-ethyl adjacent to an activating group) is 1. The molecule has 1 saturated heterocycles. The second-order valence-corrected chi connectivity index (χ2v) is 4.76. The molecular weight excluding hydrogens is 280 g/mol. The van der Waals surface area contributed by atoms with Gasteiger partial charge in [-0.3, -0.25) is 19.3 Å². The number of aliphatic imine (C=N–C) groups is 1.